The van der Waals surface area contributed by atoms with Crippen molar-refractivity contribution in [3.63, 3.8) is 0 Å². The minimum atomic E-state index is -0.202. The molecule has 0 bridgehead atoms. The molecule has 4 heteroatoms. The Balaban J connectivity index is 2.31. The summed E-state index contributed by atoms with van der Waals surface area (Å²) in [5.41, 5.74) is -0.199. The first-order valence-electron chi connectivity index (χ1n) is 5.63. The molecule has 1 fully saturated rings. The monoisotopic (exact) mass is 214 g/mol. The molecule has 1 atom stereocenters. The Morgan fingerprint density at radius 3 is 2.60 bits per heavy atom. The van der Waals surface area contributed by atoms with Gasteiger partial charge in [0.05, 0.1) is 6.04 Å². The highest BCUT2D eigenvalue weighted by atomic mass is 16.3. The maximum atomic E-state index is 11.6. The molecule has 0 aromatic rings. The highest BCUT2D eigenvalue weighted by molar-refractivity contribution is 5.81. The van der Waals surface area contributed by atoms with Gasteiger partial charge in [0.25, 0.3) is 0 Å². The predicted octanol–water partition coefficient (Wildman–Crippen LogP) is 0.404. The number of aliphatic hydroxyl groups is 1. The average Bonchev–Trinajstić information content (AvgIpc) is 2.86. The third-order valence-corrected chi connectivity index (χ3v) is 2.66. The van der Waals surface area contributed by atoms with Crippen LogP contribution in [0, 0.1) is 0 Å². The third-order valence-electron chi connectivity index (χ3n) is 2.66. The molecule has 0 radical (unpaired) electrons. The van der Waals surface area contributed by atoms with Gasteiger partial charge in [0.1, 0.15) is 0 Å². The number of hydrogen-bond acceptors (Lipinski definition) is 3. The van der Waals surface area contributed by atoms with Gasteiger partial charge in [0, 0.05) is 18.2 Å². The van der Waals surface area contributed by atoms with Crippen molar-refractivity contribution in [1.29, 1.82) is 0 Å². The molecule has 0 heterocycles. The average molecular weight is 214 g/mol. The molecule has 1 aliphatic carbocycles. The summed E-state index contributed by atoms with van der Waals surface area (Å²) in [5, 5.41) is 15.0. The smallest absolute Gasteiger partial charge is 0.237 e. The van der Waals surface area contributed by atoms with Gasteiger partial charge in [0.2, 0.25) is 5.91 Å². The van der Waals surface area contributed by atoms with Crippen LogP contribution in [-0.4, -0.2) is 35.2 Å². The minimum Gasteiger partial charge on any atom is -0.396 e. The molecule has 0 spiro atoms. The molecule has 88 valence electrons. The molecule has 0 aromatic carbocycles. The molecule has 15 heavy (non-hydrogen) atoms. The molecule has 4 nitrogen and oxygen atoms in total. The first-order valence-corrected chi connectivity index (χ1v) is 5.63. The van der Waals surface area contributed by atoms with E-state index in [9.17, 15) is 4.79 Å². The zero-order chi connectivity index (χ0) is 11.5. The number of carbonyl (C=O) groups excluding carboxylic acids is 1. The Kier molecular flexibility index (Phi) is 4.11. The fourth-order valence-electron chi connectivity index (χ4n) is 1.56. The fourth-order valence-corrected chi connectivity index (χ4v) is 1.56. The van der Waals surface area contributed by atoms with Crippen molar-refractivity contribution in [3.05, 3.63) is 0 Å². The summed E-state index contributed by atoms with van der Waals surface area (Å²) in [6, 6.07) is 0.204. The first kappa shape index (κ1) is 12.5. The van der Waals surface area contributed by atoms with Crippen LogP contribution < -0.4 is 10.6 Å². The summed E-state index contributed by atoms with van der Waals surface area (Å²) in [7, 11) is 0. The SMILES string of the molecule is CC(NC(C)(C)CCO)C(=O)NC1CC1. The second-order valence-corrected chi connectivity index (χ2v) is 5.01. The van der Waals surface area contributed by atoms with Gasteiger partial charge in [0.15, 0.2) is 0 Å². The lowest BCUT2D eigenvalue weighted by Gasteiger charge is -2.29. The fraction of sp³-hybridized carbons (Fsp3) is 0.909. The topological polar surface area (TPSA) is 61.4 Å². The van der Waals surface area contributed by atoms with Crippen molar-refractivity contribution < 1.29 is 9.90 Å². The van der Waals surface area contributed by atoms with Gasteiger partial charge >= 0.3 is 0 Å². The zero-order valence-electron chi connectivity index (χ0n) is 9.84. The number of nitrogens with one attached hydrogen (secondary N) is 2. The molecule has 0 aromatic heterocycles. The van der Waals surface area contributed by atoms with Gasteiger partial charge in [-0.05, 0) is 40.0 Å². The largest absolute Gasteiger partial charge is 0.396 e. The van der Waals surface area contributed by atoms with E-state index in [0.717, 1.165) is 12.8 Å². The maximum Gasteiger partial charge on any atom is 0.237 e. The molecular formula is C11H22N2O2. The van der Waals surface area contributed by atoms with Crippen LogP contribution in [0.25, 0.3) is 0 Å². The van der Waals surface area contributed by atoms with E-state index in [4.69, 9.17) is 5.11 Å². The number of amides is 1. The molecule has 1 unspecified atom stereocenters. The van der Waals surface area contributed by atoms with E-state index >= 15 is 0 Å². The van der Waals surface area contributed by atoms with Crippen molar-refractivity contribution in [2.45, 2.75) is 57.7 Å². The standard InChI is InChI=1S/C11H22N2O2/c1-8(10(15)12-9-4-5-9)13-11(2,3)6-7-14/h8-9,13-14H,4-7H2,1-3H3,(H,12,15). The van der Waals surface area contributed by atoms with E-state index in [1.165, 1.54) is 0 Å². The van der Waals surface area contributed by atoms with Crippen molar-refractivity contribution in [2.75, 3.05) is 6.61 Å². The van der Waals surface area contributed by atoms with Gasteiger partial charge in [-0.15, -0.1) is 0 Å². The zero-order valence-corrected chi connectivity index (χ0v) is 9.84. The molecule has 1 rings (SSSR count). The van der Waals surface area contributed by atoms with Crippen LogP contribution in [-0.2, 0) is 4.79 Å². The Morgan fingerprint density at radius 1 is 1.53 bits per heavy atom. The van der Waals surface area contributed by atoms with E-state index in [0.29, 0.717) is 12.5 Å². The molecule has 1 saturated carbocycles. The Labute approximate surface area is 91.4 Å². The lowest BCUT2D eigenvalue weighted by atomic mass is 10.00. The second kappa shape index (κ2) is 4.94. The number of hydrogen-bond donors (Lipinski definition) is 3. The highest BCUT2D eigenvalue weighted by Gasteiger charge is 2.28. The van der Waals surface area contributed by atoms with Gasteiger partial charge in [-0.2, -0.15) is 0 Å². The van der Waals surface area contributed by atoms with Crippen LogP contribution in [0.3, 0.4) is 0 Å². The number of aliphatic hydroxyl groups excluding tert-OH is 1. The van der Waals surface area contributed by atoms with Crippen LogP contribution in [0.1, 0.15) is 40.0 Å². The summed E-state index contributed by atoms with van der Waals surface area (Å²) >= 11 is 0. The van der Waals surface area contributed by atoms with Crippen molar-refractivity contribution in [3.8, 4) is 0 Å². The molecular weight excluding hydrogens is 192 g/mol. The van der Waals surface area contributed by atoms with E-state index in [2.05, 4.69) is 10.6 Å². The van der Waals surface area contributed by atoms with Crippen molar-refractivity contribution in [2.24, 2.45) is 0 Å². The third kappa shape index (κ3) is 4.62. The Hall–Kier alpha value is -0.610. The predicted molar refractivity (Wildman–Crippen MR) is 59.5 cm³/mol. The van der Waals surface area contributed by atoms with Crippen molar-refractivity contribution >= 4 is 5.91 Å². The van der Waals surface area contributed by atoms with Crippen LogP contribution in [0.2, 0.25) is 0 Å². The molecule has 1 aliphatic rings. The van der Waals surface area contributed by atoms with E-state index in [1.54, 1.807) is 0 Å². The van der Waals surface area contributed by atoms with Crippen LogP contribution in [0.15, 0.2) is 0 Å². The van der Waals surface area contributed by atoms with Crippen LogP contribution >= 0.6 is 0 Å². The number of carbonyl (C=O) groups is 1. The second-order valence-electron chi connectivity index (χ2n) is 5.01. The highest BCUT2D eigenvalue weighted by Crippen LogP contribution is 2.18. The summed E-state index contributed by atoms with van der Waals surface area (Å²) in [6.45, 7) is 5.97. The Bertz CT molecular complexity index is 225. The molecule has 0 aliphatic heterocycles. The van der Waals surface area contributed by atoms with E-state index in [-0.39, 0.29) is 24.1 Å². The Morgan fingerprint density at radius 2 is 2.13 bits per heavy atom. The first-order chi connectivity index (χ1) is 6.94. The maximum absolute atomic E-state index is 11.6. The van der Waals surface area contributed by atoms with E-state index in [1.807, 2.05) is 20.8 Å². The van der Waals surface area contributed by atoms with Crippen LogP contribution in [0.5, 0.6) is 0 Å². The summed E-state index contributed by atoms with van der Waals surface area (Å²) in [6.07, 6.45) is 2.87. The van der Waals surface area contributed by atoms with E-state index < -0.39 is 0 Å². The summed E-state index contributed by atoms with van der Waals surface area (Å²) in [5.74, 6) is 0.0588. The summed E-state index contributed by atoms with van der Waals surface area (Å²) < 4.78 is 0. The quantitative estimate of drug-likeness (QED) is 0.600. The lowest BCUT2D eigenvalue weighted by molar-refractivity contribution is -0.123. The molecule has 0 saturated heterocycles. The number of rotatable bonds is 6. The minimum absolute atomic E-state index is 0.0588. The van der Waals surface area contributed by atoms with Gasteiger partial charge < -0.3 is 15.7 Å². The lowest BCUT2D eigenvalue weighted by Crippen LogP contribution is -2.52. The van der Waals surface area contributed by atoms with Gasteiger partial charge in [-0.3, -0.25) is 4.79 Å². The molecule has 1 amide bonds. The summed E-state index contributed by atoms with van der Waals surface area (Å²) in [4.78, 5) is 11.6. The van der Waals surface area contributed by atoms with Gasteiger partial charge in [-0.1, -0.05) is 0 Å². The normalized spacial score (nSPS) is 18.7. The van der Waals surface area contributed by atoms with Crippen LogP contribution in [0.4, 0.5) is 0 Å². The van der Waals surface area contributed by atoms with Crippen molar-refractivity contribution in [1.82, 2.24) is 10.6 Å². The van der Waals surface area contributed by atoms with Gasteiger partial charge in [-0.25, -0.2) is 0 Å². The molecule has 3 N–H and O–H groups in total.